The summed E-state index contributed by atoms with van der Waals surface area (Å²) in [6, 6.07) is 7.35. The molecule has 1 fully saturated rings. The van der Waals surface area contributed by atoms with Gasteiger partial charge in [-0.05, 0) is 37.9 Å². The first kappa shape index (κ1) is 14.8. The third-order valence-electron chi connectivity index (χ3n) is 3.83. The van der Waals surface area contributed by atoms with E-state index in [-0.39, 0.29) is 5.56 Å². The van der Waals surface area contributed by atoms with E-state index in [1.807, 2.05) is 12.1 Å². The molecular weight excluding hydrogens is 253 g/mol. The highest BCUT2D eigenvalue weighted by Gasteiger charge is 2.20. The summed E-state index contributed by atoms with van der Waals surface area (Å²) in [6.45, 7) is 4.91. The Morgan fingerprint density at radius 2 is 2.35 bits per heavy atom. The SMILES string of the molecule is CCCCN(CC1CCCN1)c1cccc(F)c1C#N. The molecule has 0 bridgehead atoms. The van der Waals surface area contributed by atoms with Gasteiger partial charge in [-0.1, -0.05) is 19.4 Å². The average Bonchev–Trinajstić information content (AvgIpc) is 2.96. The Kier molecular flexibility index (Phi) is 5.37. The van der Waals surface area contributed by atoms with Gasteiger partial charge < -0.3 is 10.2 Å². The first-order chi connectivity index (χ1) is 9.76. The number of rotatable bonds is 6. The van der Waals surface area contributed by atoms with Crippen molar-refractivity contribution in [2.24, 2.45) is 0 Å². The second-order valence-corrected chi connectivity index (χ2v) is 5.34. The Hall–Kier alpha value is -1.60. The average molecular weight is 275 g/mol. The Labute approximate surface area is 120 Å². The number of halogens is 1. The number of nitrogens with one attached hydrogen (secondary N) is 1. The number of hydrogen-bond acceptors (Lipinski definition) is 3. The Bertz CT molecular complexity index is 475. The lowest BCUT2D eigenvalue weighted by atomic mass is 10.1. The minimum absolute atomic E-state index is 0.168. The van der Waals surface area contributed by atoms with Crippen LogP contribution >= 0.6 is 0 Å². The molecular formula is C16H22FN3. The summed E-state index contributed by atoms with van der Waals surface area (Å²) in [7, 11) is 0. The van der Waals surface area contributed by atoms with Gasteiger partial charge in [-0.3, -0.25) is 0 Å². The van der Waals surface area contributed by atoms with E-state index in [1.165, 1.54) is 12.5 Å². The maximum Gasteiger partial charge on any atom is 0.143 e. The van der Waals surface area contributed by atoms with Gasteiger partial charge in [0, 0.05) is 19.1 Å². The summed E-state index contributed by atoms with van der Waals surface area (Å²) in [5.41, 5.74) is 0.899. The van der Waals surface area contributed by atoms with Gasteiger partial charge in [0.05, 0.1) is 5.69 Å². The van der Waals surface area contributed by atoms with Crippen LogP contribution < -0.4 is 10.2 Å². The minimum Gasteiger partial charge on any atom is -0.369 e. The van der Waals surface area contributed by atoms with E-state index in [2.05, 4.69) is 17.1 Å². The van der Waals surface area contributed by atoms with Gasteiger partial charge in [0.25, 0.3) is 0 Å². The van der Waals surface area contributed by atoms with Crippen LogP contribution in [0.4, 0.5) is 10.1 Å². The van der Waals surface area contributed by atoms with Crippen LogP contribution in [0.5, 0.6) is 0 Å². The van der Waals surface area contributed by atoms with E-state index in [9.17, 15) is 9.65 Å². The Balaban J connectivity index is 2.21. The smallest absolute Gasteiger partial charge is 0.143 e. The van der Waals surface area contributed by atoms with E-state index in [4.69, 9.17) is 0 Å². The zero-order chi connectivity index (χ0) is 14.4. The molecule has 0 aliphatic carbocycles. The second kappa shape index (κ2) is 7.25. The van der Waals surface area contributed by atoms with Gasteiger partial charge in [0.1, 0.15) is 17.4 Å². The molecule has 0 spiro atoms. The molecule has 1 unspecified atom stereocenters. The van der Waals surface area contributed by atoms with Gasteiger partial charge in [-0.25, -0.2) is 4.39 Å². The van der Waals surface area contributed by atoms with E-state index < -0.39 is 5.82 Å². The first-order valence-corrected chi connectivity index (χ1v) is 7.43. The van der Waals surface area contributed by atoms with Crippen LogP contribution in [-0.4, -0.2) is 25.7 Å². The molecule has 4 heteroatoms. The monoisotopic (exact) mass is 275 g/mol. The zero-order valence-corrected chi connectivity index (χ0v) is 12.0. The van der Waals surface area contributed by atoms with Gasteiger partial charge in [0.2, 0.25) is 0 Å². The molecule has 3 nitrogen and oxygen atoms in total. The molecule has 1 aliphatic rings. The molecule has 20 heavy (non-hydrogen) atoms. The van der Waals surface area contributed by atoms with Crippen LogP contribution in [-0.2, 0) is 0 Å². The zero-order valence-electron chi connectivity index (χ0n) is 12.0. The van der Waals surface area contributed by atoms with E-state index in [0.29, 0.717) is 6.04 Å². The van der Waals surface area contributed by atoms with Crippen LogP contribution in [0.3, 0.4) is 0 Å². The molecule has 1 aromatic carbocycles. The van der Waals surface area contributed by atoms with Crippen molar-refractivity contribution < 1.29 is 4.39 Å². The molecule has 1 atom stereocenters. The molecule has 0 aromatic heterocycles. The van der Waals surface area contributed by atoms with Crippen LogP contribution in [0, 0.1) is 17.1 Å². The fourth-order valence-corrected chi connectivity index (χ4v) is 2.72. The predicted octanol–water partition coefficient (Wildman–Crippen LogP) is 3.06. The highest BCUT2D eigenvalue weighted by molar-refractivity contribution is 5.60. The van der Waals surface area contributed by atoms with Gasteiger partial charge in [-0.15, -0.1) is 0 Å². The lowest BCUT2D eigenvalue weighted by Gasteiger charge is -2.28. The van der Waals surface area contributed by atoms with Gasteiger partial charge >= 0.3 is 0 Å². The van der Waals surface area contributed by atoms with Crippen molar-refractivity contribution in [3.8, 4) is 6.07 Å². The number of nitrogens with zero attached hydrogens (tertiary/aromatic N) is 2. The van der Waals surface area contributed by atoms with Crippen LogP contribution in [0.25, 0.3) is 0 Å². The second-order valence-electron chi connectivity index (χ2n) is 5.34. The first-order valence-electron chi connectivity index (χ1n) is 7.43. The van der Waals surface area contributed by atoms with Crippen molar-refractivity contribution in [3.05, 3.63) is 29.6 Å². The molecule has 2 rings (SSSR count). The maximum absolute atomic E-state index is 13.8. The number of anilines is 1. The molecule has 1 heterocycles. The molecule has 108 valence electrons. The van der Waals surface area contributed by atoms with Crippen molar-refractivity contribution >= 4 is 5.69 Å². The van der Waals surface area contributed by atoms with Crippen molar-refractivity contribution in [3.63, 3.8) is 0 Å². The third-order valence-corrected chi connectivity index (χ3v) is 3.83. The number of hydrogen-bond donors (Lipinski definition) is 1. The Morgan fingerprint density at radius 1 is 1.50 bits per heavy atom. The summed E-state index contributed by atoms with van der Waals surface area (Å²) in [6.07, 6.45) is 4.49. The molecule has 1 aromatic rings. The molecule has 1 saturated heterocycles. The van der Waals surface area contributed by atoms with Gasteiger partial charge in [-0.2, -0.15) is 5.26 Å². The largest absolute Gasteiger partial charge is 0.369 e. The standard InChI is InChI=1S/C16H22FN3/c1-2-3-10-20(12-13-6-5-9-19-13)16-8-4-7-15(17)14(16)11-18/h4,7-8,13,19H,2-3,5-6,9-10,12H2,1H3. The molecule has 1 N–H and O–H groups in total. The van der Waals surface area contributed by atoms with E-state index in [1.54, 1.807) is 6.07 Å². The van der Waals surface area contributed by atoms with Crippen LogP contribution in [0.2, 0.25) is 0 Å². The summed E-state index contributed by atoms with van der Waals surface area (Å²) in [5.74, 6) is -0.425. The lowest BCUT2D eigenvalue weighted by Crippen LogP contribution is -2.38. The fraction of sp³-hybridized carbons (Fsp3) is 0.562. The fourth-order valence-electron chi connectivity index (χ4n) is 2.72. The van der Waals surface area contributed by atoms with Crippen molar-refractivity contribution in [1.82, 2.24) is 5.32 Å². The number of unbranched alkanes of at least 4 members (excludes halogenated alkanes) is 1. The van der Waals surface area contributed by atoms with Gasteiger partial charge in [0.15, 0.2) is 0 Å². The summed E-state index contributed by atoms with van der Waals surface area (Å²) >= 11 is 0. The predicted molar refractivity (Wildman–Crippen MR) is 79.3 cm³/mol. The molecule has 0 amide bonds. The van der Waals surface area contributed by atoms with Crippen LogP contribution in [0.15, 0.2) is 18.2 Å². The maximum atomic E-state index is 13.8. The highest BCUT2D eigenvalue weighted by Crippen LogP contribution is 2.24. The molecule has 0 saturated carbocycles. The van der Waals surface area contributed by atoms with Crippen molar-refractivity contribution in [2.45, 2.75) is 38.6 Å². The Morgan fingerprint density at radius 3 is 3.00 bits per heavy atom. The summed E-state index contributed by atoms with van der Waals surface area (Å²) < 4.78 is 13.8. The summed E-state index contributed by atoms with van der Waals surface area (Å²) in [5, 5.41) is 12.7. The number of nitriles is 1. The van der Waals surface area contributed by atoms with Crippen molar-refractivity contribution in [1.29, 1.82) is 5.26 Å². The van der Waals surface area contributed by atoms with Crippen LogP contribution in [0.1, 0.15) is 38.2 Å². The minimum atomic E-state index is -0.425. The lowest BCUT2D eigenvalue weighted by molar-refractivity contribution is 0.569. The quantitative estimate of drug-likeness (QED) is 0.867. The molecule has 1 aliphatic heterocycles. The summed E-state index contributed by atoms with van der Waals surface area (Å²) in [4.78, 5) is 2.16. The third kappa shape index (κ3) is 3.49. The van der Waals surface area contributed by atoms with E-state index in [0.717, 1.165) is 44.6 Å². The van der Waals surface area contributed by atoms with Crippen molar-refractivity contribution in [2.75, 3.05) is 24.5 Å². The number of benzene rings is 1. The normalized spacial score (nSPS) is 17.9. The molecule has 0 radical (unpaired) electrons. The van der Waals surface area contributed by atoms with E-state index >= 15 is 0 Å². The highest BCUT2D eigenvalue weighted by atomic mass is 19.1. The topological polar surface area (TPSA) is 39.1 Å².